The van der Waals surface area contributed by atoms with Crippen LogP contribution in [-0.2, 0) is 0 Å². The monoisotopic (exact) mass is 413 g/mol. The number of halogens is 3. The van der Waals surface area contributed by atoms with Gasteiger partial charge in [0.1, 0.15) is 5.82 Å². The van der Waals surface area contributed by atoms with Crippen LogP contribution in [0.3, 0.4) is 0 Å². The molecule has 0 heterocycles. The predicted octanol–water partition coefficient (Wildman–Crippen LogP) is 3.78. The maximum Gasteiger partial charge on any atom is 0.254 e. The number of rotatable bonds is 4. The van der Waals surface area contributed by atoms with Crippen LogP contribution in [-0.4, -0.2) is 16.4 Å². The second-order valence-corrected chi connectivity index (χ2v) is 5.81. The fourth-order valence-electron chi connectivity index (χ4n) is 1.31. The average Bonchev–Trinajstić information content (AvgIpc) is 2.28. The Bertz CT molecular complexity index is 411. The van der Waals surface area contributed by atoms with Crippen molar-refractivity contribution in [3.05, 3.63) is 34.1 Å². The molecular formula is C12H14BrFINO. The van der Waals surface area contributed by atoms with Gasteiger partial charge in [0.25, 0.3) is 5.91 Å². The van der Waals surface area contributed by atoms with E-state index >= 15 is 0 Å². The second kappa shape index (κ2) is 6.68. The smallest absolute Gasteiger partial charge is 0.254 e. The molecule has 5 heteroatoms. The van der Waals surface area contributed by atoms with Gasteiger partial charge in [-0.25, -0.2) is 4.39 Å². The van der Waals surface area contributed by atoms with Gasteiger partial charge in [0.05, 0.1) is 10.0 Å². The summed E-state index contributed by atoms with van der Waals surface area (Å²) in [7, 11) is 0. The van der Waals surface area contributed by atoms with Crippen LogP contribution < -0.4 is 5.32 Å². The van der Waals surface area contributed by atoms with Crippen molar-refractivity contribution in [3.63, 3.8) is 0 Å². The van der Waals surface area contributed by atoms with E-state index in [2.05, 4.69) is 43.8 Å². The number of nitrogens with one attached hydrogen (secondary N) is 1. The minimum atomic E-state index is -0.513. The van der Waals surface area contributed by atoms with Crippen LogP contribution in [0.4, 0.5) is 4.39 Å². The summed E-state index contributed by atoms with van der Waals surface area (Å²) in [6.45, 7) is 4.06. The van der Waals surface area contributed by atoms with E-state index in [1.165, 1.54) is 6.07 Å². The normalized spacial score (nSPS) is 12.6. The van der Waals surface area contributed by atoms with Crippen molar-refractivity contribution in [1.29, 1.82) is 0 Å². The first-order chi connectivity index (χ1) is 7.97. The van der Waals surface area contributed by atoms with Crippen molar-refractivity contribution >= 4 is 44.4 Å². The number of hydrogen-bond acceptors (Lipinski definition) is 1. The molecular weight excluding hydrogens is 400 g/mol. The molecule has 0 aromatic heterocycles. The highest BCUT2D eigenvalue weighted by Gasteiger charge is 2.19. The van der Waals surface area contributed by atoms with Gasteiger partial charge in [-0.15, -0.1) is 0 Å². The van der Waals surface area contributed by atoms with Crippen molar-refractivity contribution < 1.29 is 9.18 Å². The Kier molecular flexibility index (Phi) is 5.85. The minimum Gasteiger partial charge on any atom is -0.348 e. The lowest BCUT2D eigenvalue weighted by Gasteiger charge is -2.20. The van der Waals surface area contributed by atoms with Crippen molar-refractivity contribution in [2.75, 3.05) is 4.43 Å². The van der Waals surface area contributed by atoms with Gasteiger partial charge in [-0.05, 0) is 34.0 Å². The summed E-state index contributed by atoms with van der Waals surface area (Å²) in [5, 5.41) is 2.84. The van der Waals surface area contributed by atoms with Crippen LogP contribution in [0.1, 0.15) is 24.2 Å². The topological polar surface area (TPSA) is 29.1 Å². The Morgan fingerprint density at radius 3 is 2.71 bits per heavy atom. The van der Waals surface area contributed by atoms with Crippen LogP contribution >= 0.6 is 38.5 Å². The third-order valence-corrected chi connectivity index (χ3v) is 4.05. The van der Waals surface area contributed by atoms with E-state index < -0.39 is 5.82 Å². The highest BCUT2D eigenvalue weighted by Crippen LogP contribution is 2.19. The number of hydrogen-bond donors (Lipinski definition) is 1. The van der Waals surface area contributed by atoms with E-state index in [4.69, 9.17) is 0 Å². The molecule has 0 aliphatic heterocycles. The molecule has 1 rings (SSSR count). The van der Waals surface area contributed by atoms with Crippen LogP contribution in [0.2, 0.25) is 0 Å². The Balaban J connectivity index is 2.86. The number of amides is 1. The number of alkyl halides is 1. The third kappa shape index (κ3) is 3.91. The van der Waals surface area contributed by atoms with Crippen molar-refractivity contribution in [2.45, 2.75) is 19.9 Å². The molecule has 94 valence electrons. The first-order valence-electron chi connectivity index (χ1n) is 5.28. The Morgan fingerprint density at radius 1 is 1.53 bits per heavy atom. The standard InChI is InChI=1S/C12H14BrFINO/c1-7(2)10(6-15)16-12(17)8-4-3-5-9(13)11(8)14/h3-5,7,10H,6H2,1-2H3,(H,16,17). The van der Waals surface area contributed by atoms with Crippen molar-refractivity contribution in [1.82, 2.24) is 5.32 Å². The SMILES string of the molecule is CC(C)C(CI)NC(=O)c1cccc(Br)c1F. The van der Waals surface area contributed by atoms with Gasteiger partial charge < -0.3 is 5.32 Å². The summed E-state index contributed by atoms with van der Waals surface area (Å²) in [6, 6.07) is 4.77. The van der Waals surface area contributed by atoms with E-state index in [-0.39, 0.29) is 17.5 Å². The van der Waals surface area contributed by atoms with E-state index in [1.807, 2.05) is 13.8 Å². The summed E-state index contributed by atoms with van der Waals surface area (Å²) in [6.07, 6.45) is 0. The zero-order valence-electron chi connectivity index (χ0n) is 9.64. The summed E-state index contributed by atoms with van der Waals surface area (Å²) in [4.78, 5) is 11.9. The molecule has 1 amide bonds. The molecule has 0 aliphatic rings. The quantitative estimate of drug-likeness (QED) is 0.590. The molecule has 1 aromatic rings. The first kappa shape index (κ1) is 14.9. The van der Waals surface area contributed by atoms with Gasteiger partial charge in [-0.3, -0.25) is 4.79 Å². The van der Waals surface area contributed by atoms with Crippen LogP contribution in [0, 0.1) is 11.7 Å². The summed E-state index contributed by atoms with van der Waals surface area (Å²) >= 11 is 5.29. The van der Waals surface area contributed by atoms with E-state index in [9.17, 15) is 9.18 Å². The largest absolute Gasteiger partial charge is 0.348 e. The van der Waals surface area contributed by atoms with Crippen LogP contribution in [0.25, 0.3) is 0 Å². The zero-order valence-corrected chi connectivity index (χ0v) is 13.4. The molecule has 0 fully saturated rings. The maximum atomic E-state index is 13.7. The fourth-order valence-corrected chi connectivity index (χ4v) is 2.91. The molecule has 2 nitrogen and oxygen atoms in total. The molecule has 0 saturated heterocycles. The Morgan fingerprint density at radius 2 is 2.18 bits per heavy atom. The van der Waals surface area contributed by atoms with E-state index in [1.54, 1.807) is 12.1 Å². The maximum absolute atomic E-state index is 13.7. The van der Waals surface area contributed by atoms with Gasteiger partial charge in [0.15, 0.2) is 0 Å². The molecule has 0 radical (unpaired) electrons. The lowest BCUT2D eigenvalue weighted by atomic mass is 10.1. The predicted molar refractivity (Wildman–Crippen MR) is 79.1 cm³/mol. The zero-order chi connectivity index (χ0) is 13.0. The van der Waals surface area contributed by atoms with Crippen molar-refractivity contribution in [3.8, 4) is 0 Å². The van der Waals surface area contributed by atoms with Crippen molar-refractivity contribution in [2.24, 2.45) is 5.92 Å². The first-order valence-corrected chi connectivity index (χ1v) is 7.60. The average molecular weight is 414 g/mol. The summed E-state index contributed by atoms with van der Waals surface area (Å²) < 4.78 is 14.8. The molecule has 17 heavy (non-hydrogen) atoms. The molecule has 0 spiro atoms. The van der Waals surface area contributed by atoms with Gasteiger partial charge >= 0.3 is 0 Å². The number of carbonyl (C=O) groups excluding carboxylic acids is 1. The van der Waals surface area contributed by atoms with Gasteiger partial charge in [-0.2, -0.15) is 0 Å². The van der Waals surface area contributed by atoms with Gasteiger partial charge in [0.2, 0.25) is 0 Å². The molecule has 1 N–H and O–H groups in total. The lowest BCUT2D eigenvalue weighted by molar-refractivity contribution is 0.0928. The highest BCUT2D eigenvalue weighted by atomic mass is 127. The highest BCUT2D eigenvalue weighted by molar-refractivity contribution is 14.1. The van der Waals surface area contributed by atoms with Gasteiger partial charge in [0, 0.05) is 10.5 Å². The number of carbonyl (C=O) groups is 1. The summed E-state index contributed by atoms with van der Waals surface area (Å²) in [5.74, 6) is -0.550. The molecule has 0 aliphatic carbocycles. The second-order valence-electron chi connectivity index (χ2n) is 4.08. The summed E-state index contributed by atoms with van der Waals surface area (Å²) in [5.41, 5.74) is 0.0786. The van der Waals surface area contributed by atoms with E-state index in [0.717, 1.165) is 4.43 Å². The fraction of sp³-hybridized carbons (Fsp3) is 0.417. The third-order valence-electron chi connectivity index (χ3n) is 2.48. The van der Waals surface area contributed by atoms with Crippen LogP contribution in [0.5, 0.6) is 0 Å². The Hall–Kier alpha value is -0.170. The lowest BCUT2D eigenvalue weighted by Crippen LogP contribution is -2.40. The molecule has 1 atom stereocenters. The molecule has 1 aromatic carbocycles. The van der Waals surface area contributed by atoms with Crippen LogP contribution in [0.15, 0.2) is 22.7 Å². The van der Waals surface area contributed by atoms with E-state index in [0.29, 0.717) is 10.4 Å². The number of benzene rings is 1. The van der Waals surface area contributed by atoms with Gasteiger partial charge in [-0.1, -0.05) is 42.5 Å². The minimum absolute atomic E-state index is 0.0569. The molecule has 0 bridgehead atoms. The molecule has 1 unspecified atom stereocenters. The molecule has 0 saturated carbocycles. The Labute approximate surface area is 123 Å².